The molecule has 0 aromatic heterocycles. The lowest BCUT2D eigenvalue weighted by Gasteiger charge is -2.31. The Morgan fingerprint density at radius 1 is 1.12 bits per heavy atom. The van der Waals surface area contributed by atoms with E-state index in [0.29, 0.717) is 6.04 Å². The van der Waals surface area contributed by atoms with Gasteiger partial charge in [-0.1, -0.05) is 26.2 Å². The summed E-state index contributed by atoms with van der Waals surface area (Å²) < 4.78 is 5.50. The molecule has 2 aliphatic rings. The van der Waals surface area contributed by atoms with Crippen LogP contribution in [0.25, 0.3) is 0 Å². The largest absolute Gasteiger partial charge is 0.380 e. The lowest BCUT2D eigenvalue weighted by molar-refractivity contribution is 0.0677. The van der Waals surface area contributed by atoms with Gasteiger partial charge in [-0.2, -0.15) is 0 Å². The Hall–Kier alpha value is -0.0800. The molecule has 1 saturated heterocycles. The predicted molar refractivity (Wildman–Crippen MR) is 67.6 cm³/mol. The summed E-state index contributed by atoms with van der Waals surface area (Å²) in [5.74, 6) is 1.93. The maximum Gasteiger partial charge on any atom is 0.0619 e. The molecule has 1 saturated carbocycles. The number of hydrogen-bond acceptors (Lipinski definition) is 2. The third-order valence-electron chi connectivity index (χ3n) is 4.32. The van der Waals surface area contributed by atoms with E-state index < -0.39 is 0 Å². The van der Waals surface area contributed by atoms with Crippen molar-refractivity contribution in [3.63, 3.8) is 0 Å². The lowest BCUT2D eigenvalue weighted by atomic mass is 9.80. The van der Waals surface area contributed by atoms with E-state index in [4.69, 9.17) is 4.74 Å². The Balaban J connectivity index is 1.64. The highest BCUT2D eigenvalue weighted by Crippen LogP contribution is 2.30. The van der Waals surface area contributed by atoms with Gasteiger partial charge in [-0.15, -0.1) is 0 Å². The minimum Gasteiger partial charge on any atom is -0.380 e. The summed E-state index contributed by atoms with van der Waals surface area (Å²) in [5, 5.41) is 3.71. The van der Waals surface area contributed by atoms with Gasteiger partial charge in [-0.25, -0.2) is 0 Å². The summed E-state index contributed by atoms with van der Waals surface area (Å²) in [5.41, 5.74) is 0. The van der Waals surface area contributed by atoms with E-state index in [-0.39, 0.29) is 0 Å². The normalized spacial score (nSPS) is 36.2. The van der Waals surface area contributed by atoms with Crippen LogP contribution >= 0.6 is 0 Å². The second-order valence-corrected chi connectivity index (χ2v) is 5.63. The molecule has 2 fully saturated rings. The second kappa shape index (κ2) is 6.61. The minimum absolute atomic E-state index is 0.635. The Kier molecular flexibility index (Phi) is 5.11. The summed E-state index contributed by atoms with van der Waals surface area (Å²) in [6, 6.07) is 0.635. The first-order chi connectivity index (χ1) is 7.88. The maximum atomic E-state index is 5.50. The molecule has 0 aromatic rings. The summed E-state index contributed by atoms with van der Waals surface area (Å²) in [4.78, 5) is 0. The van der Waals surface area contributed by atoms with Crippen LogP contribution < -0.4 is 5.32 Å². The molecular formula is C14H27NO. The molecule has 2 rings (SSSR count). The number of hydrogen-bond donors (Lipinski definition) is 1. The highest BCUT2D eigenvalue weighted by Gasteiger charge is 2.22. The zero-order valence-electron chi connectivity index (χ0n) is 10.7. The van der Waals surface area contributed by atoms with E-state index in [1.165, 1.54) is 51.5 Å². The molecule has 3 unspecified atom stereocenters. The van der Waals surface area contributed by atoms with Gasteiger partial charge in [0.25, 0.3) is 0 Å². The first-order valence-corrected chi connectivity index (χ1v) is 7.19. The molecule has 0 bridgehead atoms. The fraction of sp³-hybridized carbons (Fsp3) is 1.00. The highest BCUT2D eigenvalue weighted by molar-refractivity contribution is 4.77. The van der Waals surface area contributed by atoms with Gasteiger partial charge in [0.1, 0.15) is 0 Å². The monoisotopic (exact) mass is 225 g/mol. The highest BCUT2D eigenvalue weighted by atomic mass is 16.5. The average molecular weight is 225 g/mol. The van der Waals surface area contributed by atoms with Crippen LogP contribution in [-0.2, 0) is 4.74 Å². The van der Waals surface area contributed by atoms with Crippen molar-refractivity contribution in [3.05, 3.63) is 0 Å². The van der Waals surface area contributed by atoms with E-state index in [1.54, 1.807) is 0 Å². The quantitative estimate of drug-likeness (QED) is 0.794. The molecule has 2 nitrogen and oxygen atoms in total. The van der Waals surface area contributed by atoms with Gasteiger partial charge in [0.2, 0.25) is 0 Å². The predicted octanol–water partition coefficient (Wildman–Crippen LogP) is 2.97. The molecule has 94 valence electrons. The topological polar surface area (TPSA) is 21.3 Å². The van der Waals surface area contributed by atoms with Crippen molar-refractivity contribution >= 4 is 0 Å². The van der Waals surface area contributed by atoms with Crippen LogP contribution in [-0.4, -0.2) is 25.8 Å². The van der Waals surface area contributed by atoms with Crippen molar-refractivity contribution in [3.8, 4) is 0 Å². The molecule has 3 atom stereocenters. The van der Waals surface area contributed by atoms with E-state index >= 15 is 0 Å². The Labute approximate surface area is 100 Å². The van der Waals surface area contributed by atoms with Crippen LogP contribution in [0.1, 0.15) is 51.9 Å². The number of rotatable bonds is 4. The fourth-order valence-corrected chi connectivity index (χ4v) is 3.19. The summed E-state index contributed by atoms with van der Waals surface area (Å²) in [7, 11) is 0. The van der Waals surface area contributed by atoms with Gasteiger partial charge in [0, 0.05) is 12.6 Å². The molecule has 1 aliphatic heterocycles. The number of nitrogens with one attached hydrogen (secondary N) is 1. The molecular weight excluding hydrogens is 198 g/mol. The second-order valence-electron chi connectivity index (χ2n) is 5.63. The summed E-state index contributed by atoms with van der Waals surface area (Å²) >= 11 is 0. The van der Waals surface area contributed by atoms with Gasteiger partial charge in [0.05, 0.1) is 6.61 Å². The molecule has 1 heterocycles. The van der Waals surface area contributed by atoms with Crippen molar-refractivity contribution in [1.29, 1.82) is 0 Å². The molecule has 0 aromatic carbocycles. The third kappa shape index (κ3) is 3.74. The van der Waals surface area contributed by atoms with Gasteiger partial charge in [0.15, 0.2) is 0 Å². The maximum absolute atomic E-state index is 5.50. The fourth-order valence-electron chi connectivity index (χ4n) is 3.19. The standard InChI is InChI=1S/C14H27NO/c1-2-12-5-3-6-13(9-12)10-15-14-7-4-8-16-11-14/h12-15H,2-11H2,1H3. The van der Waals surface area contributed by atoms with Crippen molar-refractivity contribution in [2.75, 3.05) is 19.8 Å². The van der Waals surface area contributed by atoms with Crippen LogP contribution in [0.3, 0.4) is 0 Å². The first kappa shape index (κ1) is 12.4. The Morgan fingerprint density at radius 2 is 2.00 bits per heavy atom. The number of ether oxygens (including phenoxy) is 1. The van der Waals surface area contributed by atoms with E-state index in [0.717, 1.165) is 25.0 Å². The molecule has 2 heteroatoms. The third-order valence-corrected chi connectivity index (χ3v) is 4.32. The summed E-state index contributed by atoms with van der Waals surface area (Å²) in [6.45, 7) is 5.48. The molecule has 1 aliphatic carbocycles. The van der Waals surface area contributed by atoms with Crippen LogP contribution in [0, 0.1) is 11.8 Å². The van der Waals surface area contributed by atoms with Crippen molar-refractivity contribution in [1.82, 2.24) is 5.32 Å². The van der Waals surface area contributed by atoms with E-state index in [2.05, 4.69) is 12.2 Å². The first-order valence-electron chi connectivity index (χ1n) is 7.19. The molecule has 16 heavy (non-hydrogen) atoms. The average Bonchev–Trinajstić information content (AvgIpc) is 2.38. The van der Waals surface area contributed by atoms with Crippen molar-refractivity contribution in [2.45, 2.75) is 57.9 Å². The molecule has 1 N–H and O–H groups in total. The minimum atomic E-state index is 0.635. The van der Waals surface area contributed by atoms with E-state index in [9.17, 15) is 0 Å². The van der Waals surface area contributed by atoms with Crippen molar-refractivity contribution < 1.29 is 4.74 Å². The van der Waals surface area contributed by atoms with Crippen LogP contribution in [0.4, 0.5) is 0 Å². The summed E-state index contributed by atoms with van der Waals surface area (Å²) in [6.07, 6.45) is 9.74. The zero-order valence-corrected chi connectivity index (χ0v) is 10.7. The van der Waals surface area contributed by atoms with Crippen LogP contribution in [0.15, 0.2) is 0 Å². The lowest BCUT2D eigenvalue weighted by Crippen LogP contribution is -2.40. The van der Waals surface area contributed by atoms with Gasteiger partial charge < -0.3 is 10.1 Å². The molecule has 0 amide bonds. The van der Waals surface area contributed by atoms with Crippen molar-refractivity contribution in [2.24, 2.45) is 11.8 Å². The van der Waals surface area contributed by atoms with Crippen LogP contribution in [0.2, 0.25) is 0 Å². The molecule has 0 spiro atoms. The Morgan fingerprint density at radius 3 is 2.75 bits per heavy atom. The van der Waals surface area contributed by atoms with Gasteiger partial charge >= 0.3 is 0 Å². The molecule has 0 radical (unpaired) electrons. The van der Waals surface area contributed by atoms with E-state index in [1.807, 2.05) is 0 Å². The van der Waals surface area contributed by atoms with Gasteiger partial charge in [-0.3, -0.25) is 0 Å². The smallest absolute Gasteiger partial charge is 0.0619 e. The van der Waals surface area contributed by atoms with Crippen LogP contribution in [0.5, 0.6) is 0 Å². The Bertz CT molecular complexity index is 189. The van der Waals surface area contributed by atoms with Gasteiger partial charge in [-0.05, 0) is 44.1 Å². The zero-order chi connectivity index (χ0) is 11.2. The SMILES string of the molecule is CCC1CCCC(CNC2CCCOC2)C1.